The second-order valence-corrected chi connectivity index (χ2v) is 7.91. The highest BCUT2D eigenvalue weighted by Crippen LogP contribution is 2.44. The van der Waals surface area contributed by atoms with Crippen LogP contribution in [0.4, 0.5) is 0 Å². The number of aromatic nitrogens is 2. The number of rotatable bonds is 4. The van der Waals surface area contributed by atoms with E-state index in [9.17, 15) is 4.79 Å². The van der Waals surface area contributed by atoms with Gasteiger partial charge in [0.1, 0.15) is 19.0 Å². The van der Waals surface area contributed by atoms with Gasteiger partial charge in [0.15, 0.2) is 11.5 Å². The topological polar surface area (TPSA) is 65.4 Å². The average molecular weight is 391 g/mol. The lowest BCUT2D eigenvalue weighted by molar-refractivity contribution is -0.126. The van der Waals surface area contributed by atoms with Gasteiger partial charge in [-0.05, 0) is 42.7 Å². The number of fused-ring (bicyclic) bond motifs is 2. The van der Waals surface area contributed by atoms with Gasteiger partial charge in [0, 0.05) is 7.05 Å². The molecule has 0 saturated heterocycles. The maximum Gasteiger partial charge on any atom is 0.231 e. The molecule has 1 fully saturated rings. The fraction of sp³-hybridized carbons (Fsp3) is 0.391. The van der Waals surface area contributed by atoms with Crippen molar-refractivity contribution in [3.05, 3.63) is 53.9 Å². The van der Waals surface area contributed by atoms with E-state index in [-0.39, 0.29) is 5.91 Å². The Morgan fingerprint density at radius 1 is 1.10 bits per heavy atom. The third-order valence-corrected chi connectivity index (χ3v) is 6.27. The third kappa shape index (κ3) is 3.03. The highest BCUT2D eigenvalue weighted by Gasteiger charge is 2.43. The molecule has 1 aliphatic heterocycles. The quantitative estimate of drug-likeness (QED) is 0.740. The number of para-hydroxylation sites is 2. The maximum atomic E-state index is 13.4. The van der Waals surface area contributed by atoms with Crippen molar-refractivity contribution < 1.29 is 14.3 Å². The number of nitrogens with one attached hydrogen (secondary N) is 1. The van der Waals surface area contributed by atoms with E-state index in [1.165, 1.54) is 0 Å². The standard InChI is InChI=1S/C23H25N3O3/c1-26-18-7-3-2-6-17(18)25-21(26)15-24-22(27)23(10-4-5-11-23)16-8-9-19-20(14-16)29-13-12-28-19/h2-3,6-9,14H,4-5,10-13,15H2,1H3,(H,24,27). The zero-order valence-electron chi connectivity index (χ0n) is 16.6. The van der Waals surface area contributed by atoms with Crippen LogP contribution in [-0.4, -0.2) is 28.7 Å². The van der Waals surface area contributed by atoms with Crippen LogP contribution >= 0.6 is 0 Å². The monoisotopic (exact) mass is 391 g/mol. The van der Waals surface area contributed by atoms with Crippen molar-refractivity contribution in [3.63, 3.8) is 0 Å². The first-order chi connectivity index (χ1) is 14.2. The van der Waals surface area contributed by atoms with E-state index in [0.29, 0.717) is 19.8 Å². The summed E-state index contributed by atoms with van der Waals surface area (Å²) in [7, 11) is 1.99. The maximum absolute atomic E-state index is 13.4. The van der Waals surface area contributed by atoms with E-state index in [0.717, 1.165) is 59.6 Å². The summed E-state index contributed by atoms with van der Waals surface area (Å²) >= 11 is 0. The normalized spacial score (nSPS) is 17.4. The second kappa shape index (κ2) is 7.10. The number of carbonyl (C=O) groups excluding carboxylic acids is 1. The predicted molar refractivity (Wildman–Crippen MR) is 110 cm³/mol. The van der Waals surface area contributed by atoms with E-state index in [4.69, 9.17) is 9.47 Å². The lowest BCUT2D eigenvalue weighted by Gasteiger charge is -2.29. The van der Waals surface area contributed by atoms with Gasteiger partial charge >= 0.3 is 0 Å². The van der Waals surface area contributed by atoms with Gasteiger partial charge in [0.2, 0.25) is 5.91 Å². The number of hydrogen-bond donors (Lipinski definition) is 1. The minimum absolute atomic E-state index is 0.0683. The molecule has 1 N–H and O–H groups in total. The van der Waals surface area contributed by atoms with Crippen LogP contribution in [0.1, 0.15) is 37.1 Å². The molecular weight excluding hydrogens is 366 g/mol. The molecule has 2 aromatic carbocycles. The zero-order valence-corrected chi connectivity index (χ0v) is 16.6. The summed E-state index contributed by atoms with van der Waals surface area (Å²) in [6.07, 6.45) is 3.80. The Morgan fingerprint density at radius 2 is 1.86 bits per heavy atom. The van der Waals surface area contributed by atoms with Crippen molar-refractivity contribution in [2.75, 3.05) is 13.2 Å². The molecule has 0 bridgehead atoms. The molecule has 0 spiro atoms. The molecule has 6 nitrogen and oxygen atoms in total. The molecule has 0 atom stereocenters. The van der Waals surface area contributed by atoms with Gasteiger partial charge in [-0.15, -0.1) is 0 Å². The molecule has 1 amide bonds. The van der Waals surface area contributed by atoms with Crippen molar-refractivity contribution in [3.8, 4) is 11.5 Å². The van der Waals surface area contributed by atoms with Crippen molar-refractivity contribution in [1.82, 2.24) is 14.9 Å². The largest absolute Gasteiger partial charge is 0.486 e. The van der Waals surface area contributed by atoms with Crippen LogP contribution in [0.15, 0.2) is 42.5 Å². The zero-order chi connectivity index (χ0) is 19.8. The number of imidazole rings is 1. The number of aryl methyl sites for hydroxylation is 1. The minimum atomic E-state index is -0.513. The second-order valence-electron chi connectivity index (χ2n) is 7.91. The lowest BCUT2D eigenvalue weighted by atomic mass is 9.77. The number of amides is 1. The van der Waals surface area contributed by atoms with Crippen LogP contribution in [0.25, 0.3) is 11.0 Å². The number of hydrogen-bond acceptors (Lipinski definition) is 4. The molecular formula is C23H25N3O3. The van der Waals surface area contributed by atoms with Crippen molar-refractivity contribution >= 4 is 16.9 Å². The van der Waals surface area contributed by atoms with Crippen LogP contribution < -0.4 is 14.8 Å². The summed E-state index contributed by atoms with van der Waals surface area (Å²) in [4.78, 5) is 18.1. The smallest absolute Gasteiger partial charge is 0.231 e. The van der Waals surface area contributed by atoms with Crippen LogP contribution in [0, 0.1) is 0 Å². The molecule has 3 aromatic rings. The van der Waals surface area contributed by atoms with E-state index in [1.54, 1.807) is 0 Å². The molecule has 1 aliphatic carbocycles. The van der Waals surface area contributed by atoms with Crippen LogP contribution in [0.5, 0.6) is 11.5 Å². The van der Waals surface area contributed by atoms with Gasteiger partial charge < -0.3 is 19.4 Å². The summed E-state index contributed by atoms with van der Waals surface area (Å²) in [6.45, 7) is 1.52. The van der Waals surface area contributed by atoms with Crippen molar-refractivity contribution in [1.29, 1.82) is 0 Å². The van der Waals surface area contributed by atoms with Crippen LogP contribution in [0.3, 0.4) is 0 Å². The summed E-state index contributed by atoms with van der Waals surface area (Å²) in [5.41, 5.74) is 2.52. The fourth-order valence-electron chi connectivity index (χ4n) is 4.65. The first-order valence-corrected chi connectivity index (χ1v) is 10.3. The molecule has 29 heavy (non-hydrogen) atoms. The fourth-order valence-corrected chi connectivity index (χ4v) is 4.65. The molecule has 1 saturated carbocycles. The molecule has 0 unspecified atom stereocenters. The lowest BCUT2D eigenvalue weighted by Crippen LogP contribution is -2.42. The Morgan fingerprint density at radius 3 is 2.66 bits per heavy atom. The van der Waals surface area contributed by atoms with E-state index >= 15 is 0 Å². The summed E-state index contributed by atoms with van der Waals surface area (Å²) in [5, 5.41) is 3.17. The summed E-state index contributed by atoms with van der Waals surface area (Å²) < 4.78 is 13.4. The average Bonchev–Trinajstić information content (AvgIpc) is 3.38. The summed E-state index contributed by atoms with van der Waals surface area (Å²) in [6, 6.07) is 14.0. The molecule has 150 valence electrons. The highest BCUT2D eigenvalue weighted by molar-refractivity contribution is 5.89. The number of carbonyl (C=O) groups is 1. The van der Waals surface area contributed by atoms with E-state index in [1.807, 2.05) is 54.1 Å². The number of benzene rings is 2. The van der Waals surface area contributed by atoms with Crippen molar-refractivity contribution in [2.45, 2.75) is 37.6 Å². The van der Waals surface area contributed by atoms with E-state index < -0.39 is 5.41 Å². The molecule has 2 heterocycles. The van der Waals surface area contributed by atoms with Crippen LogP contribution in [-0.2, 0) is 23.8 Å². The third-order valence-electron chi connectivity index (χ3n) is 6.27. The summed E-state index contributed by atoms with van der Waals surface area (Å²) in [5.74, 6) is 2.42. The SMILES string of the molecule is Cn1c(CNC(=O)C2(c3ccc4c(c3)OCCO4)CCCC2)nc2ccccc21. The first-order valence-electron chi connectivity index (χ1n) is 10.3. The molecule has 1 aromatic heterocycles. The van der Waals surface area contributed by atoms with Gasteiger partial charge in [-0.3, -0.25) is 4.79 Å². The molecule has 6 heteroatoms. The van der Waals surface area contributed by atoms with Gasteiger partial charge in [0.25, 0.3) is 0 Å². The minimum Gasteiger partial charge on any atom is -0.486 e. The van der Waals surface area contributed by atoms with Gasteiger partial charge in [-0.1, -0.05) is 31.0 Å². The Kier molecular flexibility index (Phi) is 4.42. The van der Waals surface area contributed by atoms with E-state index in [2.05, 4.69) is 10.3 Å². The Bertz CT molecular complexity index is 1070. The Labute approximate surface area is 169 Å². The van der Waals surface area contributed by atoms with Gasteiger partial charge in [0.05, 0.1) is 23.0 Å². The first kappa shape index (κ1) is 18.0. The highest BCUT2D eigenvalue weighted by atomic mass is 16.6. The van der Waals surface area contributed by atoms with Gasteiger partial charge in [-0.25, -0.2) is 4.98 Å². The predicted octanol–water partition coefficient (Wildman–Crippen LogP) is 3.47. The molecule has 5 rings (SSSR count). The van der Waals surface area contributed by atoms with Gasteiger partial charge in [-0.2, -0.15) is 0 Å². The van der Waals surface area contributed by atoms with Crippen molar-refractivity contribution in [2.24, 2.45) is 7.05 Å². The van der Waals surface area contributed by atoms with Crippen LogP contribution in [0.2, 0.25) is 0 Å². The number of nitrogens with zero attached hydrogens (tertiary/aromatic N) is 2. The Hall–Kier alpha value is -3.02. The molecule has 0 radical (unpaired) electrons. The number of ether oxygens (including phenoxy) is 2. The Balaban J connectivity index is 1.40. The molecule has 2 aliphatic rings.